The molecule has 0 radical (unpaired) electrons. The van der Waals surface area contributed by atoms with Crippen LogP contribution in [0.2, 0.25) is 5.02 Å². The zero-order valence-corrected chi connectivity index (χ0v) is 17.1. The lowest BCUT2D eigenvalue weighted by Crippen LogP contribution is -2.43. The Bertz CT molecular complexity index is 1050. The van der Waals surface area contributed by atoms with Crippen LogP contribution in [-0.4, -0.2) is 30.8 Å². The molecule has 0 heterocycles. The van der Waals surface area contributed by atoms with Crippen molar-refractivity contribution in [2.45, 2.75) is 12.5 Å². The average Bonchev–Trinajstić information content (AvgIpc) is 2.79. The molecule has 0 fully saturated rings. The summed E-state index contributed by atoms with van der Waals surface area (Å²) in [5.41, 5.74) is 2.19. The molecule has 152 valence electrons. The van der Waals surface area contributed by atoms with Gasteiger partial charge in [-0.2, -0.15) is 0 Å². The van der Waals surface area contributed by atoms with E-state index in [-0.39, 0.29) is 17.8 Å². The molecule has 1 atom stereocenters. The van der Waals surface area contributed by atoms with Crippen LogP contribution in [0, 0.1) is 0 Å². The molecule has 0 aromatic heterocycles. The molecule has 30 heavy (non-hydrogen) atoms. The van der Waals surface area contributed by atoms with Gasteiger partial charge in [-0.1, -0.05) is 78.3 Å². The number of hydrogen-bond acceptors (Lipinski definition) is 4. The Hall–Kier alpha value is -3.44. The van der Waals surface area contributed by atoms with Gasteiger partial charge in [-0.15, -0.1) is 0 Å². The third-order valence-corrected chi connectivity index (χ3v) is 4.93. The van der Waals surface area contributed by atoms with Gasteiger partial charge in [0, 0.05) is 17.5 Å². The number of halogens is 1. The predicted octanol–water partition coefficient (Wildman–Crippen LogP) is 4.09. The van der Waals surface area contributed by atoms with Gasteiger partial charge < -0.3 is 10.1 Å². The largest absolute Gasteiger partial charge is 0.467 e. The highest BCUT2D eigenvalue weighted by Gasteiger charge is 2.23. The quantitative estimate of drug-likeness (QED) is 0.460. The van der Waals surface area contributed by atoms with E-state index in [0.29, 0.717) is 16.1 Å². The zero-order valence-electron chi connectivity index (χ0n) is 16.3. The third-order valence-electron chi connectivity index (χ3n) is 4.60. The summed E-state index contributed by atoms with van der Waals surface area (Å²) in [6, 6.07) is 21.6. The van der Waals surface area contributed by atoms with Crippen LogP contribution in [-0.2, 0) is 16.0 Å². The number of amides is 1. The molecule has 0 bridgehead atoms. The zero-order chi connectivity index (χ0) is 21.5. The minimum Gasteiger partial charge on any atom is -0.467 e. The molecule has 5 nitrogen and oxygen atoms in total. The normalized spacial score (nSPS) is 11.4. The Labute approximate surface area is 179 Å². The van der Waals surface area contributed by atoms with Crippen LogP contribution in [0.25, 0.3) is 0 Å². The first kappa shape index (κ1) is 21.3. The Morgan fingerprint density at radius 1 is 0.867 bits per heavy atom. The van der Waals surface area contributed by atoms with Crippen LogP contribution in [0.1, 0.15) is 31.8 Å². The minimum absolute atomic E-state index is 0.0845. The van der Waals surface area contributed by atoms with Gasteiger partial charge >= 0.3 is 5.97 Å². The second-order valence-corrected chi connectivity index (χ2v) is 7.03. The topological polar surface area (TPSA) is 72.5 Å². The highest BCUT2D eigenvalue weighted by Crippen LogP contribution is 2.16. The first-order valence-electron chi connectivity index (χ1n) is 9.31. The minimum atomic E-state index is -0.894. The molecule has 0 unspecified atom stereocenters. The molecule has 1 N–H and O–H groups in total. The molecule has 0 aliphatic heterocycles. The average molecular weight is 422 g/mol. The summed E-state index contributed by atoms with van der Waals surface area (Å²) in [6.45, 7) is 0. The maximum Gasteiger partial charge on any atom is 0.328 e. The fourth-order valence-corrected chi connectivity index (χ4v) is 3.22. The third kappa shape index (κ3) is 5.13. The molecule has 3 aromatic rings. The van der Waals surface area contributed by atoms with Crippen molar-refractivity contribution in [2.75, 3.05) is 7.11 Å². The summed E-state index contributed by atoms with van der Waals surface area (Å²) < 4.78 is 4.83. The molecule has 0 aliphatic rings. The second-order valence-electron chi connectivity index (χ2n) is 6.63. The highest BCUT2D eigenvalue weighted by atomic mass is 35.5. The van der Waals surface area contributed by atoms with E-state index in [1.165, 1.54) is 7.11 Å². The van der Waals surface area contributed by atoms with E-state index in [2.05, 4.69) is 5.32 Å². The summed E-state index contributed by atoms with van der Waals surface area (Å²) >= 11 is 6.06. The number of esters is 1. The number of ether oxygens (including phenoxy) is 1. The number of nitrogens with one attached hydrogen (secondary N) is 1. The van der Waals surface area contributed by atoms with Crippen molar-refractivity contribution in [1.82, 2.24) is 5.32 Å². The van der Waals surface area contributed by atoms with E-state index in [1.54, 1.807) is 60.7 Å². The van der Waals surface area contributed by atoms with Crippen molar-refractivity contribution < 1.29 is 19.1 Å². The first-order chi connectivity index (χ1) is 14.5. The van der Waals surface area contributed by atoms with Gasteiger partial charge in [0.05, 0.1) is 17.7 Å². The van der Waals surface area contributed by atoms with E-state index in [4.69, 9.17) is 16.3 Å². The molecule has 0 saturated carbocycles. The van der Waals surface area contributed by atoms with E-state index in [1.807, 2.05) is 18.2 Å². The van der Waals surface area contributed by atoms with E-state index < -0.39 is 17.9 Å². The van der Waals surface area contributed by atoms with Crippen LogP contribution < -0.4 is 5.32 Å². The molecule has 3 aromatic carbocycles. The lowest BCUT2D eigenvalue weighted by molar-refractivity contribution is -0.142. The lowest BCUT2D eigenvalue weighted by Gasteiger charge is -2.17. The number of benzene rings is 3. The number of carbonyl (C=O) groups is 3. The SMILES string of the molecule is COC(=O)[C@H](Cc1ccc(C(=O)c2ccccc2)cc1)NC(=O)c1ccccc1Cl. The molecule has 0 aliphatic carbocycles. The molecule has 0 spiro atoms. The van der Waals surface area contributed by atoms with Crippen LogP contribution in [0.15, 0.2) is 78.9 Å². The molecule has 3 rings (SSSR count). The summed E-state index contributed by atoms with van der Waals surface area (Å²) in [6.07, 6.45) is 0.211. The van der Waals surface area contributed by atoms with Crippen molar-refractivity contribution in [2.24, 2.45) is 0 Å². The standard InChI is InChI=1S/C24H20ClNO4/c1-30-24(29)21(26-23(28)19-9-5-6-10-20(19)25)15-16-11-13-18(14-12-16)22(27)17-7-3-2-4-8-17/h2-14,21H,15H2,1H3,(H,26,28)/t21-/m0/s1. The Balaban J connectivity index is 1.74. The number of hydrogen-bond donors (Lipinski definition) is 1. The second kappa shape index (κ2) is 9.85. The lowest BCUT2D eigenvalue weighted by atomic mass is 9.99. The van der Waals surface area contributed by atoms with Crippen LogP contribution in [0.3, 0.4) is 0 Å². The van der Waals surface area contributed by atoms with Crippen molar-refractivity contribution in [3.8, 4) is 0 Å². The van der Waals surface area contributed by atoms with Crippen molar-refractivity contribution in [3.63, 3.8) is 0 Å². The number of carbonyl (C=O) groups excluding carboxylic acids is 3. The number of rotatable bonds is 7. The number of ketones is 1. The fourth-order valence-electron chi connectivity index (χ4n) is 3.00. The molecule has 0 saturated heterocycles. The van der Waals surface area contributed by atoms with Gasteiger partial charge in [0.2, 0.25) is 0 Å². The van der Waals surface area contributed by atoms with E-state index in [0.717, 1.165) is 5.56 Å². The Morgan fingerprint density at radius 3 is 2.10 bits per heavy atom. The molecule has 6 heteroatoms. The van der Waals surface area contributed by atoms with Gasteiger partial charge in [0.1, 0.15) is 6.04 Å². The maximum absolute atomic E-state index is 12.5. The first-order valence-corrected chi connectivity index (χ1v) is 9.69. The summed E-state index contributed by atoms with van der Waals surface area (Å²) in [5.74, 6) is -1.12. The van der Waals surface area contributed by atoms with E-state index in [9.17, 15) is 14.4 Å². The van der Waals surface area contributed by atoms with Crippen molar-refractivity contribution >= 4 is 29.3 Å². The van der Waals surface area contributed by atoms with Crippen LogP contribution in [0.4, 0.5) is 0 Å². The smallest absolute Gasteiger partial charge is 0.328 e. The van der Waals surface area contributed by atoms with Gasteiger partial charge in [-0.25, -0.2) is 4.79 Å². The van der Waals surface area contributed by atoms with Crippen LogP contribution >= 0.6 is 11.6 Å². The maximum atomic E-state index is 12.5. The van der Waals surface area contributed by atoms with Crippen molar-refractivity contribution in [1.29, 1.82) is 0 Å². The molecular formula is C24H20ClNO4. The summed E-state index contributed by atoms with van der Waals surface area (Å²) in [7, 11) is 1.26. The summed E-state index contributed by atoms with van der Waals surface area (Å²) in [4.78, 5) is 37.3. The Morgan fingerprint density at radius 2 is 1.47 bits per heavy atom. The van der Waals surface area contributed by atoms with E-state index >= 15 is 0 Å². The molecular weight excluding hydrogens is 402 g/mol. The molecule has 1 amide bonds. The predicted molar refractivity (Wildman–Crippen MR) is 115 cm³/mol. The Kier molecular flexibility index (Phi) is 6.99. The van der Waals surface area contributed by atoms with Crippen molar-refractivity contribution in [3.05, 3.63) is 106 Å². The highest BCUT2D eigenvalue weighted by molar-refractivity contribution is 6.33. The van der Waals surface area contributed by atoms with Crippen LogP contribution in [0.5, 0.6) is 0 Å². The summed E-state index contributed by atoms with van der Waals surface area (Å²) in [5, 5.41) is 2.97. The monoisotopic (exact) mass is 421 g/mol. The van der Waals surface area contributed by atoms with Gasteiger partial charge in [0.15, 0.2) is 5.78 Å². The fraction of sp³-hybridized carbons (Fsp3) is 0.125. The number of methoxy groups -OCH3 is 1. The van der Waals surface area contributed by atoms with Gasteiger partial charge in [-0.3, -0.25) is 9.59 Å². The van der Waals surface area contributed by atoms with Gasteiger partial charge in [0.25, 0.3) is 5.91 Å². The van der Waals surface area contributed by atoms with Gasteiger partial charge in [-0.05, 0) is 17.7 Å².